The van der Waals surface area contributed by atoms with Gasteiger partial charge in [-0.3, -0.25) is 0 Å². The number of nitrogens with one attached hydrogen (secondary N) is 1. The third kappa shape index (κ3) is 0.922. The summed E-state index contributed by atoms with van der Waals surface area (Å²) in [4.78, 5) is 0. The third-order valence-corrected chi connectivity index (χ3v) is 1.51. The van der Waals surface area contributed by atoms with E-state index in [1.165, 1.54) is 11.4 Å². The molecule has 0 saturated heterocycles. The second-order valence-electron chi connectivity index (χ2n) is 2.21. The highest BCUT2D eigenvalue weighted by atomic mass is 15.1. The van der Waals surface area contributed by atoms with Crippen LogP contribution < -0.4 is 5.32 Å². The zero-order valence-electron chi connectivity index (χ0n) is 6.10. The molecule has 1 aromatic heterocycles. The lowest BCUT2D eigenvalue weighted by atomic mass is 10.4. The van der Waals surface area contributed by atoms with E-state index < -0.39 is 0 Å². The smallest absolute Gasteiger partial charge is 0.108 e. The molecule has 0 saturated carbocycles. The average Bonchev–Trinajstić information content (AvgIpc) is 2.12. The fraction of sp³-hybridized carbons (Fsp3) is 0.429. The lowest BCUT2D eigenvalue weighted by Crippen LogP contribution is -1.96. The first-order valence-electron chi connectivity index (χ1n) is 3.05. The van der Waals surface area contributed by atoms with Gasteiger partial charge in [-0.05, 0) is 18.6 Å². The van der Waals surface area contributed by atoms with Crippen molar-refractivity contribution in [2.75, 3.05) is 12.4 Å². The summed E-state index contributed by atoms with van der Waals surface area (Å²) in [6.07, 6.45) is 2.04. The van der Waals surface area contributed by atoms with Crippen LogP contribution in [0.3, 0.4) is 0 Å². The van der Waals surface area contributed by atoms with Gasteiger partial charge in [0.15, 0.2) is 0 Å². The minimum absolute atomic E-state index is 1.19. The summed E-state index contributed by atoms with van der Waals surface area (Å²) in [7, 11) is 3.96. The molecular weight excluding hydrogens is 112 g/mol. The van der Waals surface area contributed by atoms with E-state index in [4.69, 9.17) is 0 Å². The van der Waals surface area contributed by atoms with Gasteiger partial charge in [0, 0.05) is 20.3 Å². The highest BCUT2D eigenvalue weighted by molar-refractivity contribution is 5.44. The van der Waals surface area contributed by atoms with E-state index in [0.29, 0.717) is 0 Å². The average molecular weight is 124 g/mol. The number of hydrogen-bond acceptors (Lipinski definition) is 1. The molecule has 0 fully saturated rings. The van der Waals surface area contributed by atoms with Gasteiger partial charge in [-0.1, -0.05) is 0 Å². The van der Waals surface area contributed by atoms with Crippen LogP contribution in [0.1, 0.15) is 5.56 Å². The van der Waals surface area contributed by atoms with E-state index in [2.05, 4.69) is 22.9 Å². The normalized spacial score (nSPS) is 9.67. The standard InChI is InChI=1S/C7H12N2/c1-6-4-5-9(3)7(6)8-2/h4-5,8H,1-3H3. The van der Waals surface area contributed by atoms with Gasteiger partial charge in [0.25, 0.3) is 0 Å². The molecule has 0 atom stereocenters. The van der Waals surface area contributed by atoms with Crippen LogP contribution >= 0.6 is 0 Å². The van der Waals surface area contributed by atoms with E-state index in [1.807, 2.05) is 20.3 Å². The molecule has 50 valence electrons. The van der Waals surface area contributed by atoms with E-state index in [1.54, 1.807) is 0 Å². The molecule has 1 heterocycles. The van der Waals surface area contributed by atoms with Crippen molar-refractivity contribution in [3.05, 3.63) is 17.8 Å². The topological polar surface area (TPSA) is 17.0 Å². The van der Waals surface area contributed by atoms with Gasteiger partial charge in [-0.15, -0.1) is 0 Å². The van der Waals surface area contributed by atoms with Crippen molar-refractivity contribution in [3.8, 4) is 0 Å². The Morgan fingerprint density at radius 1 is 1.56 bits per heavy atom. The zero-order valence-corrected chi connectivity index (χ0v) is 6.10. The summed E-state index contributed by atoms with van der Waals surface area (Å²) < 4.78 is 2.06. The minimum Gasteiger partial charge on any atom is -0.374 e. The van der Waals surface area contributed by atoms with E-state index in [-0.39, 0.29) is 0 Å². The molecule has 2 nitrogen and oxygen atoms in total. The van der Waals surface area contributed by atoms with Gasteiger partial charge in [0.1, 0.15) is 5.82 Å². The van der Waals surface area contributed by atoms with Crippen LogP contribution in [0.2, 0.25) is 0 Å². The van der Waals surface area contributed by atoms with Crippen LogP contribution in [-0.2, 0) is 7.05 Å². The van der Waals surface area contributed by atoms with E-state index in [0.717, 1.165) is 0 Å². The molecule has 1 rings (SSSR count). The Labute approximate surface area is 55.5 Å². The van der Waals surface area contributed by atoms with Crippen LogP contribution in [-0.4, -0.2) is 11.6 Å². The summed E-state index contributed by atoms with van der Waals surface area (Å²) in [5.41, 5.74) is 1.29. The van der Waals surface area contributed by atoms with Crippen molar-refractivity contribution in [1.82, 2.24) is 4.57 Å². The Morgan fingerprint density at radius 2 is 2.22 bits per heavy atom. The van der Waals surface area contributed by atoms with Gasteiger partial charge in [-0.2, -0.15) is 0 Å². The van der Waals surface area contributed by atoms with Crippen molar-refractivity contribution >= 4 is 5.82 Å². The van der Waals surface area contributed by atoms with Crippen molar-refractivity contribution in [3.63, 3.8) is 0 Å². The van der Waals surface area contributed by atoms with Gasteiger partial charge in [0.2, 0.25) is 0 Å². The van der Waals surface area contributed by atoms with Crippen LogP contribution in [0.25, 0.3) is 0 Å². The van der Waals surface area contributed by atoms with Gasteiger partial charge in [0.05, 0.1) is 0 Å². The Hall–Kier alpha value is -0.920. The largest absolute Gasteiger partial charge is 0.374 e. The highest BCUT2D eigenvalue weighted by Gasteiger charge is 1.96. The molecule has 1 aromatic rings. The maximum absolute atomic E-state index is 3.11. The Kier molecular flexibility index (Phi) is 1.47. The highest BCUT2D eigenvalue weighted by Crippen LogP contribution is 2.12. The van der Waals surface area contributed by atoms with E-state index in [9.17, 15) is 0 Å². The first kappa shape index (κ1) is 6.20. The fourth-order valence-electron chi connectivity index (χ4n) is 1.03. The second kappa shape index (κ2) is 2.13. The molecule has 0 amide bonds. The molecular formula is C7H12N2. The van der Waals surface area contributed by atoms with Gasteiger partial charge < -0.3 is 9.88 Å². The monoisotopic (exact) mass is 124 g/mol. The maximum Gasteiger partial charge on any atom is 0.108 e. The molecule has 0 unspecified atom stereocenters. The molecule has 1 N–H and O–H groups in total. The van der Waals surface area contributed by atoms with Crippen LogP contribution in [0.15, 0.2) is 12.3 Å². The Bertz CT molecular complexity index is 181. The first-order chi connectivity index (χ1) is 4.25. The van der Waals surface area contributed by atoms with Gasteiger partial charge >= 0.3 is 0 Å². The summed E-state index contributed by atoms with van der Waals surface area (Å²) in [6.45, 7) is 2.09. The molecule has 0 aromatic carbocycles. The predicted molar refractivity (Wildman–Crippen MR) is 39.7 cm³/mol. The van der Waals surface area contributed by atoms with Crippen molar-refractivity contribution in [2.24, 2.45) is 7.05 Å². The lowest BCUT2D eigenvalue weighted by molar-refractivity contribution is 0.929. The second-order valence-corrected chi connectivity index (χ2v) is 2.21. The van der Waals surface area contributed by atoms with Crippen molar-refractivity contribution in [2.45, 2.75) is 6.92 Å². The molecule has 2 heteroatoms. The predicted octanol–water partition coefficient (Wildman–Crippen LogP) is 1.38. The summed E-state index contributed by atoms with van der Waals surface area (Å²) in [6, 6.07) is 2.09. The molecule has 0 aliphatic carbocycles. The lowest BCUT2D eigenvalue weighted by Gasteiger charge is -2.01. The summed E-state index contributed by atoms with van der Waals surface area (Å²) >= 11 is 0. The van der Waals surface area contributed by atoms with E-state index >= 15 is 0 Å². The molecule has 0 aliphatic rings. The maximum atomic E-state index is 3.11. The Morgan fingerprint density at radius 3 is 2.44 bits per heavy atom. The molecule has 9 heavy (non-hydrogen) atoms. The number of nitrogens with zero attached hydrogens (tertiary/aromatic N) is 1. The quantitative estimate of drug-likeness (QED) is 0.598. The number of aryl methyl sites for hydroxylation is 2. The number of rotatable bonds is 1. The summed E-state index contributed by atoms with van der Waals surface area (Å²) in [5.74, 6) is 1.19. The van der Waals surface area contributed by atoms with Crippen LogP contribution in [0.5, 0.6) is 0 Å². The molecule has 0 spiro atoms. The first-order valence-corrected chi connectivity index (χ1v) is 3.05. The van der Waals surface area contributed by atoms with Crippen LogP contribution in [0, 0.1) is 6.92 Å². The summed E-state index contributed by atoms with van der Waals surface area (Å²) in [5, 5.41) is 3.11. The SMILES string of the molecule is CNc1c(C)ccn1C. The van der Waals surface area contributed by atoms with Crippen molar-refractivity contribution in [1.29, 1.82) is 0 Å². The number of aromatic nitrogens is 1. The zero-order chi connectivity index (χ0) is 6.85. The molecule has 0 bridgehead atoms. The minimum atomic E-state index is 1.19. The fourth-order valence-corrected chi connectivity index (χ4v) is 1.03. The molecule has 0 aliphatic heterocycles. The van der Waals surface area contributed by atoms with Gasteiger partial charge in [-0.25, -0.2) is 0 Å². The third-order valence-electron chi connectivity index (χ3n) is 1.51. The Balaban J connectivity index is 3.07. The number of anilines is 1. The number of hydrogen-bond donors (Lipinski definition) is 1. The van der Waals surface area contributed by atoms with Crippen LogP contribution in [0.4, 0.5) is 5.82 Å². The molecule has 0 radical (unpaired) electrons. The van der Waals surface area contributed by atoms with Crippen molar-refractivity contribution < 1.29 is 0 Å².